The molecule has 1 heterocycles. The van der Waals surface area contributed by atoms with Gasteiger partial charge < -0.3 is 5.73 Å². The Morgan fingerprint density at radius 1 is 1.17 bits per heavy atom. The van der Waals surface area contributed by atoms with Crippen LogP contribution >= 0.6 is 0 Å². The number of anilines is 1. The van der Waals surface area contributed by atoms with Crippen LogP contribution in [0.4, 0.5) is 5.82 Å². The molecule has 0 amide bonds. The molecule has 18 heavy (non-hydrogen) atoms. The lowest BCUT2D eigenvalue weighted by Crippen LogP contribution is -2.01. The highest BCUT2D eigenvalue weighted by Crippen LogP contribution is 2.25. The number of aromatic nitrogens is 2. The third-order valence-electron chi connectivity index (χ3n) is 3.24. The summed E-state index contributed by atoms with van der Waals surface area (Å²) in [5, 5.41) is 8.80. The fraction of sp³-hybridized carbons (Fsp3) is 0.214. The van der Waals surface area contributed by atoms with E-state index >= 15 is 0 Å². The molecule has 2 N–H and O–H groups in total. The Morgan fingerprint density at radius 2 is 1.89 bits per heavy atom. The van der Waals surface area contributed by atoms with Gasteiger partial charge in [0.25, 0.3) is 0 Å². The molecule has 0 saturated heterocycles. The molecular weight excluding hydrogens is 224 g/mol. The second kappa shape index (κ2) is 4.46. The van der Waals surface area contributed by atoms with E-state index in [1.807, 2.05) is 25.1 Å². The Labute approximate surface area is 106 Å². The summed E-state index contributed by atoms with van der Waals surface area (Å²) in [4.78, 5) is 8.39. The van der Waals surface area contributed by atoms with Gasteiger partial charge in [0.05, 0.1) is 6.20 Å². The van der Waals surface area contributed by atoms with E-state index < -0.39 is 0 Å². The van der Waals surface area contributed by atoms with Crippen LogP contribution in [0.2, 0.25) is 0 Å². The minimum absolute atomic E-state index is 0.222. The molecule has 0 spiro atoms. The molecule has 2 rings (SSSR count). The average molecular weight is 238 g/mol. The predicted molar refractivity (Wildman–Crippen MR) is 70.8 cm³/mol. The largest absolute Gasteiger partial charge is 0.382 e. The summed E-state index contributed by atoms with van der Waals surface area (Å²) in [7, 11) is 0. The van der Waals surface area contributed by atoms with Gasteiger partial charge in [-0.25, -0.2) is 9.97 Å². The van der Waals surface area contributed by atoms with Crippen molar-refractivity contribution >= 4 is 5.82 Å². The lowest BCUT2D eigenvalue weighted by Gasteiger charge is -2.10. The monoisotopic (exact) mass is 238 g/mol. The number of hydrogen-bond donors (Lipinski definition) is 1. The van der Waals surface area contributed by atoms with Crippen LogP contribution in [0.5, 0.6) is 0 Å². The molecule has 0 aliphatic heterocycles. The molecule has 0 aliphatic carbocycles. The maximum Gasteiger partial charge on any atom is 0.161 e. The maximum absolute atomic E-state index is 8.80. The van der Waals surface area contributed by atoms with E-state index in [4.69, 9.17) is 11.0 Å². The van der Waals surface area contributed by atoms with Crippen LogP contribution in [0, 0.1) is 32.1 Å². The first-order chi connectivity index (χ1) is 8.54. The maximum atomic E-state index is 8.80. The Hall–Kier alpha value is -2.41. The highest BCUT2D eigenvalue weighted by molar-refractivity contribution is 5.65. The molecule has 90 valence electrons. The molecule has 4 nitrogen and oxygen atoms in total. The van der Waals surface area contributed by atoms with E-state index in [1.54, 1.807) is 0 Å². The normalized spacial score (nSPS) is 10.1. The van der Waals surface area contributed by atoms with Crippen molar-refractivity contribution < 1.29 is 0 Å². The number of aryl methyl sites for hydroxylation is 1. The third kappa shape index (κ3) is 1.91. The first-order valence-electron chi connectivity index (χ1n) is 5.64. The molecule has 4 heteroatoms. The van der Waals surface area contributed by atoms with Gasteiger partial charge in [0.2, 0.25) is 0 Å². The quantitative estimate of drug-likeness (QED) is 0.828. The zero-order valence-electron chi connectivity index (χ0n) is 10.7. The molecular formula is C14H14N4. The van der Waals surface area contributed by atoms with Crippen LogP contribution in [0.3, 0.4) is 0 Å². The van der Waals surface area contributed by atoms with E-state index in [0.717, 1.165) is 11.1 Å². The number of nitrogens with two attached hydrogens (primary N) is 1. The van der Waals surface area contributed by atoms with Crippen molar-refractivity contribution in [3.05, 3.63) is 40.6 Å². The van der Waals surface area contributed by atoms with E-state index in [2.05, 4.69) is 23.8 Å². The smallest absolute Gasteiger partial charge is 0.161 e. The van der Waals surface area contributed by atoms with Gasteiger partial charge in [-0.2, -0.15) is 5.26 Å². The number of nitrogen functional groups attached to an aromatic ring is 1. The SMILES string of the molecule is Cc1ccc(-c2ncc(C#N)c(N)n2)c(C)c1C. The fourth-order valence-electron chi connectivity index (χ4n) is 1.81. The molecule has 2 aromatic rings. The van der Waals surface area contributed by atoms with Crippen LogP contribution in [-0.2, 0) is 0 Å². The Balaban J connectivity index is 2.60. The minimum Gasteiger partial charge on any atom is -0.382 e. The number of hydrogen-bond acceptors (Lipinski definition) is 4. The second-order valence-corrected chi connectivity index (χ2v) is 4.28. The predicted octanol–water partition coefficient (Wildman–Crippen LogP) is 2.52. The molecule has 0 radical (unpaired) electrons. The zero-order valence-corrected chi connectivity index (χ0v) is 10.7. The van der Waals surface area contributed by atoms with Gasteiger partial charge in [-0.1, -0.05) is 12.1 Å². The molecule has 0 bridgehead atoms. The summed E-state index contributed by atoms with van der Waals surface area (Å²) in [6, 6.07) is 5.98. The van der Waals surface area contributed by atoms with E-state index in [1.165, 1.54) is 17.3 Å². The highest BCUT2D eigenvalue weighted by Gasteiger charge is 2.10. The van der Waals surface area contributed by atoms with Gasteiger partial charge in [-0.15, -0.1) is 0 Å². The first-order valence-corrected chi connectivity index (χ1v) is 5.64. The summed E-state index contributed by atoms with van der Waals surface area (Å²) in [6.07, 6.45) is 1.46. The lowest BCUT2D eigenvalue weighted by molar-refractivity contribution is 1.15. The van der Waals surface area contributed by atoms with Gasteiger partial charge in [0.15, 0.2) is 5.82 Å². The van der Waals surface area contributed by atoms with Gasteiger partial charge in [0, 0.05) is 5.56 Å². The summed E-state index contributed by atoms with van der Waals surface area (Å²) >= 11 is 0. The van der Waals surface area contributed by atoms with Gasteiger partial charge in [0.1, 0.15) is 17.5 Å². The van der Waals surface area contributed by atoms with E-state index in [9.17, 15) is 0 Å². The molecule has 1 aromatic heterocycles. The van der Waals surface area contributed by atoms with Crippen molar-refractivity contribution in [3.8, 4) is 17.5 Å². The van der Waals surface area contributed by atoms with Crippen LogP contribution < -0.4 is 5.73 Å². The molecule has 0 unspecified atom stereocenters. The second-order valence-electron chi connectivity index (χ2n) is 4.28. The molecule has 0 aliphatic rings. The lowest BCUT2D eigenvalue weighted by atomic mass is 9.98. The minimum atomic E-state index is 0.222. The van der Waals surface area contributed by atoms with Gasteiger partial charge in [-0.3, -0.25) is 0 Å². The fourth-order valence-corrected chi connectivity index (χ4v) is 1.81. The van der Waals surface area contributed by atoms with Crippen LogP contribution in [0.25, 0.3) is 11.4 Å². The van der Waals surface area contributed by atoms with Gasteiger partial charge >= 0.3 is 0 Å². The Bertz CT molecular complexity index is 654. The summed E-state index contributed by atoms with van der Waals surface area (Å²) in [5.41, 5.74) is 10.6. The summed E-state index contributed by atoms with van der Waals surface area (Å²) in [5.74, 6) is 0.784. The summed E-state index contributed by atoms with van der Waals surface area (Å²) < 4.78 is 0. The standard InChI is InChI=1S/C14H14N4/c1-8-4-5-12(10(3)9(8)2)14-17-7-11(6-15)13(16)18-14/h4-5,7H,1-3H3,(H2,16,17,18). The van der Waals surface area contributed by atoms with E-state index in [-0.39, 0.29) is 5.82 Å². The number of nitrogens with zero attached hydrogens (tertiary/aromatic N) is 3. The molecule has 1 aromatic carbocycles. The molecule has 0 atom stereocenters. The van der Waals surface area contributed by atoms with Crippen molar-refractivity contribution in [2.24, 2.45) is 0 Å². The van der Waals surface area contributed by atoms with Crippen molar-refractivity contribution in [2.45, 2.75) is 20.8 Å². The van der Waals surface area contributed by atoms with Crippen LogP contribution in [0.1, 0.15) is 22.3 Å². The van der Waals surface area contributed by atoms with Crippen molar-refractivity contribution in [1.29, 1.82) is 5.26 Å². The molecule has 0 fully saturated rings. The number of benzene rings is 1. The Morgan fingerprint density at radius 3 is 2.50 bits per heavy atom. The topological polar surface area (TPSA) is 75.6 Å². The van der Waals surface area contributed by atoms with Crippen molar-refractivity contribution in [2.75, 3.05) is 5.73 Å². The van der Waals surface area contributed by atoms with Crippen LogP contribution in [0.15, 0.2) is 18.3 Å². The average Bonchev–Trinajstić information content (AvgIpc) is 2.36. The Kier molecular flexibility index (Phi) is 2.99. The number of nitriles is 1. The van der Waals surface area contributed by atoms with Crippen LogP contribution in [-0.4, -0.2) is 9.97 Å². The highest BCUT2D eigenvalue weighted by atomic mass is 14.9. The molecule has 0 saturated carbocycles. The van der Waals surface area contributed by atoms with E-state index in [0.29, 0.717) is 11.4 Å². The summed E-state index contributed by atoms with van der Waals surface area (Å²) in [6.45, 7) is 6.18. The van der Waals surface area contributed by atoms with Gasteiger partial charge in [-0.05, 0) is 37.5 Å². The zero-order chi connectivity index (χ0) is 13.3. The first kappa shape index (κ1) is 12.1. The van der Waals surface area contributed by atoms with Crippen molar-refractivity contribution in [1.82, 2.24) is 9.97 Å². The van der Waals surface area contributed by atoms with Crippen molar-refractivity contribution in [3.63, 3.8) is 0 Å². The third-order valence-corrected chi connectivity index (χ3v) is 3.24. The number of rotatable bonds is 1.